The van der Waals surface area contributed by atoms with Crippen molar-refractivity contribution in [3.8, 4) is 5.75 Å². The predicted molar refractivity (Wildman–Crippen MR) is 144 cm³/mol. The Bertz CT molecular complexity index is 1470. The van der Waals surface area contributed by atoms with E-state index in [0.717, 1.165) is 0 Å². The van der Waals surface area contributed by atoms with Crippen LogP contribution in [0.2, 0.25) is 0 Å². The van der Waals surface area contributed by atoms with Crippen LogP contribution in [0.5, 0.6) is 5.75 Å². The lowest BCUT2D eigenvalue weighted by molar-refractivity contribution is -0.134. The Morgan fingerprint density at radius 3 is 2.71 bits per heavy atom. The number of aryl methyl sites for hydroxylation is 2. The van der Waals surface area contributed by atoms with E-state index >= 15 is 0 Å². The monoisotopic (exact) mass is 590 g/mol. The van der Waals surface area contributed by atoms with Gasteiger partial charge >= 0.3 is 0 Å². The number of hydrogen-bond acceptors (Lipinski definition) is 11. The van der Waals surface area contributed by atoms with Gasteiger partial charge in [-0.3, -0.25) is 9.59 Å². The van der Waals surface area contributed by atoms with Gasteiger partial charge in [0.05, 0.1) is 25.6 Å². The molecular formula is C25H34N8O7S. The van der Waals surface area contributed by atoms with Gasteiger partial charge < -0.3 is 24.6 Å². The molecule has 222 valence electrons. The fraction of sp³-hybridized carbons (Fsp3) is 0.520. The summed E-state index contributed by atoms with van der Waals surface area (Å²) in [6.07, 6.45) is 0.592. The number of benzene rings is 1. The van der Waals surface area contributed by atoms with Gasteiger partial charge in [-0.2, -0.15) is 4.31 Å². The number of rotatable bonds is 9. The highest BCUT2D eigenvalue weighted by molar-refractivity contribution is 7.89. The summed E-state index contributed by atoms with van der Waals surface area (Å²) in [5.41, 5.74) is 1.19. The number of carbonyl (C=O) groups excluding carboxylic acids is 2. The smallest absolute Gasteiger partial charge is 0.248 e. The fourth-order valence-corrected chi connectivity index (χ4v) is 6.14. The second-order valence-electron chi connectivity index (χ2n) is 10.2. The number of sulfonamides is 1. The number of aliphatic hydroxyl groups excluding tert-OH is 1. The highest BCUT2D eigenvalue weighted by Crippen LogP contribution is 2.30. The van der Waals surface area contributed by atoms with Crippen LogP contribution in [-0.4, -0.2) is 98.8 Å². The maximum Gasteiger partial charge on any atom is 0.248 e. The standard InChI is InChI=1S/C25H34N8O7S/c1-15-10-33(16(2)13-34)24(36)9-19-8-20(27-23(35)12-32-14-26-29-30-32)6-7-21(19)39-22(15)11-31(5)41(37,38)25-17(3)28-40-18(25)4/h6-8,14-16,22,34H,9-13H2,1-5H3,(H,27,35)/t15-,16+,22+/m1/s1. The lowest BCUT2D eigenvalue weighted by atomic mass is 10.0. The third-order valence-electron chi connectivity index (χ3n) is 6.97. The van der Waals surface area contributed by atoms with Gasteiger partial charge in [-0.1, -0.05) is 12.1 Å². The average Bonchev–Trinajstić information content (AvgIpc) is 3.56. The fourth-order valence-electron chi connectivity index (χ4n) is 4.68. The first-order chi connectivity index (χ1) is 19.4. The number of ether oxygens (including phenoxy) is 1. The molecule has 2 N–H and O–H groups in total. The molecular weight excluding hydrogens is 556 g/mol. The first kappa shape index (κ1) is 30.1. The molecule has 41 heavy (non-hydrogen) atoms. The summed E-state index contributed by atoms with van der Waals surface area (Å²) in [7, 11) is -2.51. The summed E-state index contributed by atoms with van der Waals surface area (Å²) < 4.78 is 40.8. The van der Waals surface area contributed by atoms with E-state index in [2.05, 4.69) is 26.0 Å². The van der Waals surface area contributed by atoms with Crippen molar-refractivity contribution in [3.63, 3.8) is 0 Å². The van der Waals surface area contributed by atoms with Crippen molar-refractivity contribution in [2.24, 2.45) is 5.92 Å². The summed E-state index contributed by atoms with van der Waals surface area (Å²) in [6.45, 7) is 6.55. The lowest BCUT2D eigenvalue weighted by Crippen LogP contribution is -2.48. The van der Waals surface area contributed by atoms with Crippen LogP contribution in [0.4, 0.5) is 5.69 Å². The highest BCUT2D eigenvalue weighted by atomic mass is 32.2. The Morgan fingerprint density at radius 2 is 2.07 bits per heavy atom. The predicted octanol–water partition coefficient (Wildman–Crippen LogP) is 0.386. The molecule has 4 rings (SSSR count). The molecule has 2 aromatic heterocycles. The molecule has 0 saturated heterocycles. The zero-order chi connectivity index (χ0) is 29.9. The van der Waals surface area contributed by atoms with Crippen LogP contribution in [0.15, 0.2) is 33.9 Å². The largest absolute Gasteiger partial charge is 0.488 e. The molecule has 1 aromatic carbocycles. The van der Waals surface area contributed by atoms with E-state index in [1.807, 2.05) is 6.92 Å². The van der Waals surface area contributed by atoms with Crippen LogP contribution in [0.3, 0.4) is 0 Å². The van der Waals surface area contributed by atoms with Crippen molar-refractivity contribution in [1.29, 1.82) is 0 Å². The van der Waals surface area contributed by atoms with Gasteiger partial charge in [-0.25, -0.2) is 13.1 Å². The number of anilines is 1. The SMILES string of the molecule is Cc1noc(C)c1S(=O)(=O)N(C)C[C@@H]1Oc2ccc(NC(=O)Cn3cnnn3)cc2CC(=O)N([C@@H](C)CO)C[C@H]1C. The average molecular weight is 591 g/mol. The van der Waals surface area contributed by atoms with Crippen molar-refractivity contribution in [2.75, 3.05) is 32.1 Å². The third-order valence-corrected chi connectivity index (χ3v) is 9.04. The van der Waals surface area contributed by atoms with E-state index in [-0.39, 0.29) is 66.7 Å². The van der Waals surface area contributed by atoms with Gasteiger partial charge in [0.15, 0.2) is 5.76 Å². The molecule has 0 spiro atoms. The molecule has 0 aliphatic carbocycles. The molecule has 1 aliphatic rings. The summed E-state index contributed by atoms with van der Waals surface area (Å²) in [5, 5.41) is 27.1. The lowest BCUT2D eigenvalue weighted by Gasteiger charge is -2.33. The van der Waals surface area contributed by atoms with Crippen LogP contribution in [-0.2, 0) is 32.6 Å². The zero-order valence-corrected chi connectivity index (χ0v) is 24.3. The molecule has 16 heteroatoms. The van der Waals surface area contributed by atoms with Gasteiger partial charge in [0.25, 0.3) is 0 Å². The number of nitrogens with zero attached hydrogens (tertiary/aromatic N) is 7. The van der Waals surface area contributed by atoms with Crippen LogP contribution in [0.1, 0.15) is 30.9 Å². The quantitative estimate of drug-likeness (QED) is 0.351. The highest BCUT2D eigenvalue weighted by Gasteiger charge is 2.35. The minimum absolute atomic E-state index is 0.00360. The number of likely N-dealkylation sites (N-methyl/N-ethyl adjacent to an activating group) is 1. The minimum Gasteiger partial charge on any atom is -0.488 e. The number of aromatic nitrogens is 5. The molecule has 0 radical (unpaired) electrons. The zero-order valence-electron chi connectivity index (χ0n) is 23.5. The number of hydrogen-bond donors (Lipinski definition) is 2. The van der Waals surface area contributed by atoms with Crippen LogP contribution in [0.25, 0.3) is 0 Å². The molecule has 3 atom stereocenters. The first-order valence-electron chi connectivity index (χ1n) is 13.0. The molecule has 1 aliphatic heterocycles. The van der Waals surface area contributed by atoms with Gasteiger partial charge in [0, 0.05) is 30.8 Å². The van der Waals surface area contributed by atoms with Crippen molar-refractivity contribution in [1.82, 2.24) is 34.6 Å². The summed E-state index contributed by atoms with van der Waals surface area (Å²) in [5.74, 6) is -0.364. The van der Waals surface area contributed by atoms with Gasteiger partial charge in [0.2, 0.25) is 21.8 Å². The first-order valence-corrected chi connectivity index (χ1v) is 14.4. The Kier molecular flexibility index (Phi) is 9.04. The molecule has 0 unspecified atom stereocenters. The minimum atomic E-state index is -3.96. The number of fused-ring (bicyclic) bond motifs is 1. The van der Waals surface area contributed by atoms with Gasteiger partial charge in [0.1, 0.15) is 35.3 Å². The summed E-state index contributed by atoms with van der Waals surface area (Å²) in [4.78, 5) is 27.5. The molecule has 3 aromatic rings. The molecule has 0 fully saturated rings. The van der Waals surface area contributed by atoms with E-state index in [9.17, 15) is 23.1 Å². The molecule has 3 heterocycles. The topological polar surface area (TPSA) is 186 Å². The Labute approximate surface area is 237 Å². The molecule has 0 bridgehead atoms. The molecule has 0 saturated carbocycles. The summed E-state index contributed by atoms with van der Waals surface area (Å²) in [6, 6.07) is 4.45. The Balaban J connectivity index is 1.64. The number of aliphatic hydroxyl groups is 1. The normalized spacial score (nSPS) is 18.7. The van der Waals surface area contributed by atoms with E-state index in [1.54, 1.807) is 36.9 Å². The second-order valence-corrected chi connectivity index (χ2v) is 12.2. The molecule has 2 amide bonds. The van der Waals surface area contributed by atoms with Gasteiger partial charge in [-0.15, -0.1) is 5.10 Å². The molecule has 15 nitrogen and oxygen atoms in total. The number of amides is 2. The van der Waals surface area contributed by atoms with Crippen molar-refractivity contribution >= 4 is 27.5 Å². The number of tetrazole rings is 1. The van der Waals surface area contributed by atoms with E-state index in [0.29, 0.717) is 17.0 Å². The van der Waals surface area contributed by atoms with Crippen LogP contribution in [0, 0.1) is 19.8 Å². The van der Waals surface area contributed by atoms with E-state index in [1.165, 1.54) is 29.3 Å². The number of nitrogens with one attached hydrogen (secondary N) is 1. The number of carbonyl (C=O) groups is 2. The maximum atomic E-state index is 13.4. The third kappa shape index (κ3) is 6.71. The van der Waals surface area contributed by atoms with Crippen molar-refractivity contribution < 1.29 is 32.4 Å². The summed E-state index contributed by atoms with van der Waals surface area (Å²) >= 11 is 0. The Morgan fingerprint density at radius 1 is 1.32 bits per heavy atom. The Hall–Kier alpha value is -3.89. The van der Waals surface area contributed by atoms with Crippen LogP contribution < -0.4 is 10.1 Å². The van der Waals surface area contributed by atoms with Crippen molar-refractivity contribution in [3.05, 3.63) is 41.5 Å². The maximum absolute atomic E-state index is 13.4. The van der Waals surface area contributed by atoms with E-state index in [4.69, 9.17) is 9.26 Å². The van der Waals surface area contributed by atoms with Gasteiger partial charge in [-0.05, 0) is 49.4 Å². The van der Waals surface area contributed by atoms with Crippen molar-refractivity contribution in [2.45, 2.75) is 57.7 Å². The second kappa shape index (κ2) is 12.3. The van der Waals surface area contributed by atoms with E-state index < -0.39 is 22.2 Å². The van der Waals surface area contributed by atoms with Crippen LogP contribution >= 0.6 is 0 Å².